The average Bonchev–Trinajstić information content (AvgIpc) is 3.35. The second-order valence-corrected chi connectivity index (χ2v) is 10.3. The van der Waals surface area contributed by atoms with Crippen LogP contribution < -0.4 is 0 Å². The molecule has 142 valence electrons. The van der Waals surface area contributed by atoms with Crippen molar-refractivity contribution < 1.29 is 4.79 Å². The Morgan fingerprint density at radius 2 is 1.75 bits per heavy atom. The summed E-state index contributed by atoms with van der Waals surface area (Å²) in [6, 6.07) is 16.4. The van der Waals surface area contributed by atoms with Gasteiger partial charge in [0, 0.05) is 19.0 Å². The van der Waals surface area contributed by atoms with Gasteiger partial charge in [-0.1, -0.05) is 36.0 Å². The van der Waals surface area contributed by atoms with Gasteiger partial charge in [-0.2, -0.15) is 0 Å². The Labute approximate surface area is 175 Å². The molecule has 28 heavy (non-hydrogen) atoms. The predicted octanol–water partition coefficient (Wildman–Crippen LogP) is 5.40. The van der Waals surface area contributed by atoms with Crippen molar-refractivity contribution in [3.05, 3.63) is 53.5 Å². The molecule has 1 aliphatic heterocycles. The molecule has 4 nitrogen and oxygen atoms in total. The molecule has 1 aliphatic rings. The summed E-state index contributed by atoms with van der Waals surface area (Å²) in [5.74, 6) is 1.00. The highest BCUT2D eigenvalue weighted by Crippen LogP contribution is 2.34. The molecule has 1 atom stereocenters. The van der Waals surface area contributed by atoms with Gasteiger partial charge in [0.2, 0.25) is 5.91 Å². The fourth-order valence-electron chi connectivity index (χ4n) is 3.60. The van der Waals surface area contributed by atoms with E-state index in [2.05, 4.69) is 29.2 Å². The Hall–Kier alpha value is -1.96. The summed E-state index contributed by atoms with van der Waals surface area (Å²) in [7, 11) is 0. The van der Waals surface area contributed by atoms with Crippen LogP contribution in [0, 0.1) is 0 Å². The Morgan fingerprint density at radius 3 is 2.50 bits per heavy atom. The molecule has 1 amide bonds. The number of para-hydroxylation sites is 2. The summed E-state index contributed by atoms with van der Waals surface area (Å²) in [5, 5.41) is 1.16. The molecule has 0 spiro atoms. The van der Waals surface area contributed by atoms with Crippen LogP contribution in [0.1, 0.15) is 23.8 Å². The molecule has 0 saturated carbocycles. The van der Waals surface area contributed by atoms with Crippen LogP contribution in [0.5, 0.6) is 0 Å². The van der Waals surface area contributed by atoms with E-state index >= 15 is 0 Å². The topological polar surface area (TPSA) is 46.1 Å². The Kier molecular flexibility index (Phi) is 5.05. The van der Waals surface area contributed by atoms with E-state index in [4.69, 9.17) is 4.98 Å². The molecule has 2 aromatic carbocycles. The van der Waals surface area contributed by atoms with Crippen LogP contribution >= 0.6 is 34.4 Å². The number of fused-ring (bicyclic) bond motifs is 2. The number of carbonyl (C=O) groups excluding carboxylic acids is 1. The third-order valence-corrected chi connectivity index (χ3v) is 8.39. The van der Waals surface area contributed by atoms with Gasteiger partial charge in [0.1, 0.15) is 0 Å². The van der Waals surface area contributed by atoms with Gasteiger partial charge in [-0.05, 0) is 37.1 Å². The number of benzene rings is 2. The molecular weight excluding hydrogens is 406 g/mol. The van der Waals surface area contributed by atoms with Crippen molar-refractivity contribution in [2.75, 3.05) is 18.8 Å². The number of aromatic nitrogens is 2. The molecule has 0 N–H and O–H groups in total. The maximum atomic E-state index is 12.8. The molecular formula is C21H19N3OS3. The standard InChI is InChI=1S/C21H19N3OS3/c25-19(13-26-21-23-16-8-2-4-10-18(16)28-21)24-11-5-6-14(12-24)20-22-15-7-1-3-9-17(15)27-20/h1-4,7-10,14H,5-6,11-13H2. The van der Waals surface area contributed by atoms with Crippen LogP contribution in [-0.4, -0.2) is 39.6 Å². The Morgan fingerprint density at radius 1 is 1.04 bits per heavy atom. The number of likely N-dealkylation sites (tertiary alicyclic amines) is 1. The SMILES string of the molecule is O=C(CSc1nc2ccccc2s1)N1CCCC(c2nc3ccccc3s2)C1. The molecule has 3 heterocycles. The Bertz CT molecular complexity index is 1070. The minimum atomic E-state index is 0.204. The second-order valence-electron chi connectivity index (χ2n) is 6.93. The van der Waals surface area contributed by atoms with Gasteiger partial charge in [-0.25, -0.2) is 9.97 Å². The number of nitrogens with zero attached hydrogens (tertiary/aromatic N) is 3. The maximum absolute atomic E-state index is 12.8. The summed E-state index contributed by atoms with van der Waals surface area (Å²) >= 11 is 4.98. The van der Waals surface area contributed by atoms with Crippen LogP contribution in [0.25, 0.3) is 20.4 Å². The van der Waals surface area contributed by atoms with Crippen molar-refractivity contribution in [3.8, 4) is 0 Å². The minimum Gasteiger partial charge on any atom is -0.341 e. The number of amides is 1. The van der Waals surface area contributed by atoms with E-state index in [0.717, 1.165) is 46.3 Å². The molecule has 1 fully saturated rings. The van der Waals surface area contributed by atoms with Crippen LogP contribution in [-0.2, 0) is 4.79 Å². The lowest BCUT2D eigenvalue weighted by atomic mass is 9.99. The fraction of sp³-hybridized carbons (Fsp3) is 0.286. The minimum absolute atomic E-state index is 0.204. The normalized spacial score (nSPS) is 17.4. The van der Waals surface area contributed by atoms with E-state index in [9.17, 15) is 4.79 Å². The van der Waals surface area contributed by atoms with Crippen LogP contribution in [0.3, 0.4) is 0 Å². The number of rotatable bonds is 4. The molecule has 0 bridgehead atoms. The van der Waals surface area contributed by atoms with Crippen molar-refractivity contribution >= 4 is 60.8 Å². The fourth-order valence-corrected chi connectivity index (χ4v) is 6.66. The van der Waals surface area contributed by atoms with Gasteiger partial charge in [0.25, 0.3) is 0 Å². The molecule has 0 radical (unpaired) electrons. The Balaban J connectivity index is 1.24. The first-order valence-electron chi connectivity index (χ1n) is 9.38. The third-order valence-electron chi connectivity index (χ3n) is 5.03. The molecule has 5 rings (SSSR count). The maximum Gasteiger partial charge on any atom is 0.233 e. The molecule has 0 aliphatic carbocycles. The van der Waals surface area contributed by atoms with Crippen molar-refractivity contribution in [3.63, 3.8) is 0 Å². The summed E-state index contributed by atoms with van der Waals surface area (Å²) in [6.07, 6.45) is 2.15. The van der Waals surface area contributed by atoms with E-state index in [1.165, 1.54) is 9.40 Å². The number of thioether (sulfide) groups is 1. The monoisotopic (exact) mass is 425 g/mol. The summed E-state index contributed by atoms with van der Waals surface area (Å²) in [6.45, 7) is 1.62. The smallest absolute Gasteiger partial charge is 0.233 e. The molecule has 1 saturated heterocycles. The van der Waals surface area contributed by atoms with Gasteiger partial charge in [-0.15, -0.1) is 22.7 Å². The average molecular weight is 426 g/mol. The number of piperidine rings is 1. The highest BCUT2D eigenvalue weighted by atomic mass is 32.2. The number of hydrogen-bond donors (Lipinski definition) is 0. The number of thiazole rings is 2. The largest absolute Gasteiger partial charge is 0.341 e. The quantitative estimate of drug-likeness (QED) is 0.411. The lowest BCUT2D eigenvalue weighted by molar-refractivity contribution is -0.129. The van der Waals surface area contributed by atoms with Crippen LogP contribution in [0.2, 0.25) is 0 Å². The molecule has 1 unspecified atom stereocenters. The van der Waals surface area contributed by atoms with Gasteiger partial charge in [-0.3, -0.25) is 4.79 Å². The highest BCUT2D eigenvalue weighted by Gasteiger charge is 2.27. The van der Waals surface area contributed by atoms with Crippen LogP contribution in [0.15, 0.2) is 52.9 Å². The zero-order valence-electron chi connectivity index (χ0n) is 15.2. The summed E-state index contributed by atoms with van der Waals surface area (Å²) in [4.78, 5) is 24.2. The van der Waals surface area contributed by atoms with Gasteiger partial charge < -0.3 is 4.90 Å². The second kappa shape index (κ2) is 7.81. The van der Waals surface area contributed by atoms with E-state index in [1.54, 1.807) is 34.4 Å². The van der Waals surface area contributed by atoms with Crippen molar-refractivity contribution in [2.45, 2.75) is 23.1 Å². The third kappa shape index (κ3) is 3.66. The van der Waals surface area contributed by atoms with Crippen molar-refractivity contribution in [1.29, 1.82) is 0 Å². The summed E-state index contributed by atoms with van der Waals surface area (Å²) in [5.41, 5.74) is 2.08. The molecule has 4 aromatic rings. The first kappa shape index (κ1) is 18.1. The number of hydrogen-bond acceptors (Lipinski definition) is 6. The first-order valence-corrected chi connectivity index (χ1v) is 12.0. The van der Waals surface area contributed by atoms with E-state index in [0.29, 0.717) is 11.7 Å². The van der Waals surface area contributed by atoms with Crippen molar-refractivity contribution in [2.24, 2.45) is 0 Å². The van der Waals surface area contributed by atoms with Crippen LogP contribution in [0.4, 0.5) is 0 Å². The zero-order valence-corrected chi connectivity index (χ0v) is 17.7. The van der Waals surface area contributed by atoms with E-state index in [1.807, 2.05) is 29.2 Å². The van der Waals surface area contributed by atoms with E-state index < -0.39 is 0 Å². The predicted molar refractivity (Wildman–Crippen MR) is 119 cm³/mol. The first-order chi connectivity index (χ1) is 13.8. The van der Waals surface area contributed by atoms with Crippen molar-refractivity contribution in [1.82, 2.24) is 14.9 Å². The van der Waals surface area contributed by atoms with E-state index in [-0.39, 0.29) is 5.91 Å². The lowest BCUT2D eigenvalue weighted by Gasteiger charge is -2.31. The van der Waals surface area contributed by atoms with Gasteiger partial charge in [0.15, 0.2) is 4.34 Å². The lowest BCUT2D eigenvalue weighted by Crippen LogP contribution is -2.40. The highest BCUT2D eigenvalue weighted by molar-refractivity contribution is 8.01. The molecule has 7 heteroatoms. The zero-order chi connectivity index (χ0) is 18.9. The van der Waals surface area contributed by atoms with Gasteiger partial charge >= 0.3 is 0 Å². The van der Waals surface area contributed by atoms with Gasteiger partial charge in [0.05, 0.1) is 31.2 Å². The number of carbonyl (C=O) groups is 1. The summed E-state index contributed by atoms with van der Waals surface area (Å²) < 4.78 is 3.37. The molecule has 2 aromatic heterocycles.